The van der Waals surface area contributed by atoms with E-state index >= 15 is 0 Å². The number of aromatic nitrogens is 3. The van der Waals surface area contributed by atoms with Crippen molar-refractivity contribution in [3.05, 3.63) is 59.8 Å². The molecule has 0 aliphatic carbocycles. The largest absolute Gasteiger partial charge is 0.309 e. The zero-order chi connectivity index (χ0) is 20.0. The summed E-state index contributed by atoms with van der Waals surface area (Å²) in [4.78, 5) is 32.7. The van der Waals surface area contributed by atoms with Gasteiger partial charge in [0.1, 0.15) is 11.2 Å². The summed E-state index contributed by atoms with van der Waals surface area (Å²) in [5.74, 6) is 0. The van der Waals surface area contributed by atoms with Crippen molar-refractivity contribution in [2.75, 3.05) is 19.6 Å². The summed E-state index contributed by atoms with van der Waals surface area (Å²) in [5.41, 5.74) is 1.17. The summed E-state index contributed by atoms with van der Waals surface area (Å²) >= 11 is 5.27. The molecular weight excluding hydrogens is 454 g/mol. The Labute approximate surface area is 180 Å². The lowest BCUT2D eigenvalue weighted by molar-refractivity contribution is 0.171. The average molecular weight is 476 g/mol. The molecule has 2 aliphatic rings. The van der Waals surface area contributed by atoms with Gasteiger partial charge in [0, 0.05) is 46.5 Å². The fourth-order valence-corrected chi connectivity index (χ4v) is 5.88. The third-order valence-corrected chi connectivity index (χ3v) is 7.61. The van der Waals surface area contributed by atoms with Crippen LogP contribution in [-0.2, 0) is 13.1 Å². The second-order valence-corrected chi connectivity index (χ2v) is 9.71. The number of halogens is 1. The highest BCUT2D eigenvalue weighted by Crippen LogP contribution is 2.24. The molecule has 1 fully saturated rings. The molecule has 152 valence electrons. The van der Waals surface area contributed by atoms with Gasteiger partial charge in [0.2, 0.25) is 0 Å². The van der Waals surface area contributed by atoms with Gasteiger partial charge in [-0.3, -0.25) is 18.7 Å². The number of rotatable bonds is 5. The van der Waals surface area contributed by atoms with Crippen LogP contribution in [0.25, 0.3) is 11.2 Å². The van der Waals surface area contributed by atoms with Crippen LogP contribution in [0, 0.1) is 0 Å². The van der Waals surface area contributed by atoms with Gasteiger partial charge in [-0.25, -0.2) is 4.98 Å². The molecular formula is C20H22BrN5O2S. The number of hydrogen-bond acceptors (Lipinski definition) is 6. The van der Waals surface area contributed by atoms with Crippen molar-refractivity contribution >= 4 is 38.4 Å². The molecule has 2 aliphatic heterocycles. The molecule has 7 nitrogen and oxygen atoms in total. The SMILES string of the molecule is O=c1ccc2ncc(=O)n3c2n1CC3CN1CCC(NCc2cc(Br)cs2)CC1. The Bertz CT molecular complexity index is 1160. The molecule has 0 aromatic carbocycles. The highest BCUT2D eigenvalue weighted by Gasteiger charge is 2.29. The second kappa shape index (κ2) is 7.79. The predicted molar refractivity (Wildman–Crippen MR) is 118 cm³/mol. The molecule has 0 amide bonds. The topological polar surface area (TPSA) is 72.2 Å². The zero-order valence-corrected chi connectivity index (χ0v) is 18.3. The molecule has 5 rings (SSSR count). The van der Waals surface area contributed by atoms with Crippen LogP contribution in [0.4, 0.5) is 0 Å². The van der Waals surface area contributed by atoms with Crippen molar-refractivity contribution in [2.45, 2.75) is 38.0 Å². The minimum atomic E-state index is -0.127. The van der Waals surface area contributed by atoms with Gasteiger partial charge in [-0.05, 0) is 54.0 Å². The van der Waals surface area contributed by atoms with Crippen LogP contribution in [0.15, 0.2) is 43.8 Å². The van der Waals surface area contributed by atoms with E-state index in [4.69, 9.17) is 0 Å². The summed E-state index contributed by atoms with van der Waals surface area (Å²) in [6.45, 7) is 4.23. The van der Waals surface area contributed by atoms with E-state index in [0.717, 1.165) is 43.5 Å². The first-order valence-corrected chi connectivity index (χ1v) is 11.6. The molecule has 0 radical (unpaired) electrons. The van der Waals surface area contributed by atoms with E-state index in [1.54, 1.807) is 26.5 Å². The van der Waals surface area contributed by atoms with E-state index < -0.39 is 0 Å². The number of nitrogens with one attached hydrogen (secondary N) is 1. The van der Waals surface area contributed by atoms with Gasteiger partial charge in [-0.1, -0.05) is 0 Å². The van der Waals surface area contributed by atoms with E-state index in [0.29, 0.717) is 23.8 Å². The number of likely N-dealkylation sites (tertiary alicyclic amines) is 1. The van der Waals surface area contributed by atoms with Crippen molar-refractivity contribution in [2.24, 2.45) is 0 Å². The lowest BCUT2D eigenvalue weighted by Gasteiger charge is -2.34. The van der Waals surface area contributed by atoms with E-state index in [-0.39, 0.29) is 17.2 Å². The van der Waals surface area contributed by atoms with Crippen LogP contribution in [0.5, 0.6) is 0 Å². The first kappa shape index (κ1) is 19.2. The standard InChI is InChI=1S/C20H22BrN5O2S/c21-13-7-16(29-12-13)8-22-14-3-5-24(6-4-14)10-15-11-25-18(27)2-1-17-20(25)26(15)19(28)9-23-17/h1-2,7,9,12,14-15,22H,3-6,8,10-11H2. The first-order chi connectivity index (χ1) is 14.1. The fraction of sp³-hybridized carbons (Fsp3) is 0.450. The van der Waals surface area contributed by atoms with Gasteiger partial charge in [0.25, 0.3) is 11.1 Å². The lowest BCUT2D eigenvalue weighted by Crippen LogP contribution is -2.44. The minimum absolute atomic E-state index is 0.0175. The molecule has 0 saturated carbocycles. The number of nitrogens with zero attached hydrogens (tertiary/aromatic N) is 4. The Kier molecular flexibility index (Phi) is 5.15. The maximum atomic E-state index is 12.5. The molecule has 1 unspecified atom stereocenters. The van der Waals surface area contributed by atoms with Gasteiger partial charge >= 0.3 is 0 Å². The lowest BCUT2D eigenvalue weighted by atomic mass is 10.0. The molecule has 5 heterocycles. The Morgan fingerprint density at radius 3 is 2.79 bits per heavy atom. The molecule has 3 aromatic rings. The van der Waals surface area contributed by atoms with Gasteiger partial charge < -0.3 is 10.2 Å². The summed E-state index contributed by atoms with van der Waals surface area (Å²) in [6, 6.07) is 5.91. The average Bonchev–Trinajstić information content (AvgIpc) is 3.31. The van der Waals surface area contributed by atoms with Crippen molar-refractivity contribution in [1.29, 1.82) is 0 Å². The third kappa shape index (κ3) is 3.72. The molecule has 0 bridgehead atoms. The van der Waals surface area contributed by atoms with Gasteiger partial charge in [-0.15, -0.1) is 11.3 Å². The van der Waals surface area contributed by atoms with Crippen LogP contribution >= 0.6 is 27.3 Å². The van der Waals surface area contributed by atoms with Gasteiger partial charge in [0.15, 0.2) is 0 Å². The van der Waals surface area contributed by atoms with Crippen molar-refractivity contribution in [3.8, 4) is 0 Å². The Hall–Kier alpha value is -1.81. The first-order valence-electron chi connectivity index (χ1n) is 9.88. The van der Waals surface area contributed by atoms with Gasteiger partial charge in [0.05, 0.1) is 12.2 Å². The summed E-state index contributed by atoms with van der Waals surface area (Å²) in [7, 11) is 0. The van der Waals surface area contributed by atoms with E-state index in [1.807, 2.05) is 0 Å². The minimum Gasteiger partial charge on any atom is -0.309 e. The third-order valence-electron chi connectivity index (χ3n) is 5.92. The number of hydrogen-bond donors (Lipinski definition) is 1. The van der Waals surface area contributed by atoms with Crippen LogP contribution < -0.4 is 16.4 Å². The van der Waals surface area contributed by atoms with E-state index in [9.17, 15) is 9.59 Å². The molecule has 29 heavy (non-hydrogen) atoms. The summed E-state index contributed by atoms with van der Waals surface area (Å²) < 4.78 is 4.61. The number of thiophene rings is 1. The number of pyridine rings is 1. The van der Waals surface area contributed by atoms with Crippen molar-refractivity contribution in [3.63, 3.8) is 0 Å². The Balaban J connectivity index is 1.23. The van der Waals surface area contributed by atoms with Crippen LogP contribution in [0.1, 0.15) is 23.8 Å². The van der Waals surface area contributed by atoms with E-state index in [2.05, 4.69) is 42.6 Å². The van der Waals surface area contributed by atoms with Crippen LogP contribution in [-0.4, -0.2) is 44.7 Å². The fourth-order valence-electron chi connectivity index (χ4n) is 4.47. The van der Waals surface area contributed by atoms with Crippen molar-refractivity contribution < 1.29 is 0 Å². The zero-order valence-electron chi connectivity index (χ0n) is 15.9. The predicted octanol–water partition coefficient (Wildman–Crippen LogP) is 2.19. The second-order valence-electron chi connectivity index (χ2n) is 7.80. The maximum Gasteiger partial charge on any atom is 0.270 e. The summed E-state index contributed by atoms with van der Waals surface area (Å²) in [6.07, 6.45) is 3.55. The normalized spacial score (nSPS) is 20.0. The smallest absolute Gasteiger partial charge is 0.270 e. The molecule has 1 N–H and O–H groups in total. The van der Waals surface area contributed by atoms with Crippen LogP contribution in [0.2, 0.25) is 0 Å². The highest BCUT2D eigenvalue weighted by molar-refractivity contribution is 9.10. The number of piperidine rings is 1. The Morgan fingerprint density at radius 1 is 1.21 bits per heavy atom. The quantitative estimate of drug-likeness (QED) is 0.612. The Morgan fingerprint density at radius 2 is 2.03 bits per heavy atom. The molecule has 1 atom stereocenters. The molecule has 9 heteroatoms. The highest BCUT2D eigenvalue weighted by atomic mass is 79.9. The molecule has 1 saturated heterocycles. The van der Waals surface area contributed by atoms with E-state index in [1.165, 1.54) is 17.1 Å². The van der Waals surface area contributed by atoms with Crippen LogP contribution in [0.3, 0.4) is 0 Å². The van der Waals surface area contributed by atoms with Crippen molar-refractivity contribution in [1.82, 2.24) is 24.3 Å². The molecule has 3 aromatic heterocycles. The summed E-state index contributed by atoms with van der Waals surface area (Å²) in [5, 5.41) is 5.78. The maximum absolute atomic E-state index is 12.5. The molecule has 0 spiro atoms. The monoisotopic (exact) mass is 475 g/mol. The van der Waals surface area contributed by atoms with Gasteiger partial charge in [-0.2, -0.15) is 0 Å².